The third-order valence-electron chi connectivity index (χ3n) is 5.07. The molecule has 0 aromatic carbocycles. The van der Waals surface area contributed by atoms with E-state index in [9.17, 15) is 5.11 Å². The number of hydrogen-bond acceptors (Lipinski definition) is 5. The van der Waals surface area contributed by atoms with Gasteiger partial charge >= 0.3 is 0 Å². The smallest absolute Gasteiger partial charge is 0.0897 e. The van der Waals surface area contributed by atoms with E-state index in [2.05, 4.69) is 27.1 Å². The highest BCUT2D eigenvalue weighted by Gasteiger charge is 2.43. The first-order valence-electron chi connectivity index (χ1n) is 8.14. The van der Waals surface area contributed by atoms with Crippen LogP contribution >= 0.6 is 11.3 Å². The number of aliphatic hydroxyl groups is 1. The van der Waals surface area contributed by atoms with Crippen LogP contribution < -0.4 is 0 Å². The summed E-state index contributed by atoms with van der Waals surface area (Å²) in [5, 5.41) is 12.9. The van der Waals surface area contributed by atoms with E-state index in [1.165, 1.54) is 42.9 Å². The number of aliphatic hydroxyl groups excluding tert-OH is 1. The van der Waals surface area contributed by atoms with E-state index in [-0.39, 0.29) is 6.10 Å². The number of likely N-dealkylation sites (tertiary alicyclic amines) is 2. The topological polar surface area (TPSA) is 39.6 Å². The Hall–Kier alpha value is -0.490. The quantitative estimate of drug-likeness (QED) is 0.926. The van der Waals surface area contributed by atoms with Crippen LogP contribution in [-0.4, -0.2) is 57.7 Å². The molecule has 21 heavy (non-hydrogen) atoms. The summed E-state index contributed by atoms with van der Waals surface area (Å²) in [6, 6.07) is 0. The van der Waals surface area contributed by atoms with Crippen LogP contribution in [-0.2, 0) is 6.54 Å². The van der Waals surface area contributed by atoms with Gasteiger partial charge in [0, 0.05) is 37.1 Å². The normalized spacial score (nSPS) is 24.7. The molecule has 2 fully saturated rings. The number of hydrogen-bond donors (Lipinski definition) is 1. The summed E-state index contributed by atoms with van der Waals surface area (Å²) in [7, 11) is 0. The van der Waals surface area contributed by atoms with E-state index in [0.717, 1.165) is 26.2 Å². The second-order valence-electron chi connectivity index (χ2n) is 6.76. The number of rotatable bonds is 4. The van der Waals surface area contributed by atoms with Gasteiger partial charge in [-0.05, 0) is 46.1 Å². The van der Waals surface area contributed by atoms with E-state index in [1.54, 1.807) is 11.3 Å². The first-order chi connectivity index (χ1) is 10.1. The zero-order valence-corrected chi connectivity index (χ0v) is 14.0. The average molecular weight is 309 g/mol. The first kappa shape index (κ1) is 15.4. The summed E-state index contributed by atoms with van der Waals surface area (Å²) in [6.45, 7) is 9.27. The van der Waals surface area contributed by atoms with Crippen molar-refractivity contribution in [1.82, 2.24) is 14.8 Å². The molecule has 1 aromatic rings. The molecule has 1 spiro atoms. The SMILES string of the molecule is Cc1nc(CN2CCCC23CCN(CC(C)O)CC3)cs1. The van der Waals surface area contributed by atoms with Crippen molar-refractivity contribution in [3.05, 3.63) is 16.1 Å². The zero-order valence-electron chi connectivity index (χ0n) is 13.2. The molecule has 2 aliphatic rings. The van der Waals surface area contributed by atoms with Crippen molar-refractivity contribution in [3.63, 3.8) is 0 Å². The van der Waals surface area contributed by atoms with Gasteiger partial charge in [0.05, 0.1) is 16.8 Å². The van der Waals surface area contributed by atoms with Gasteiger partial charge in [0.1, 0.15) is 0 Å². The van der Waals surface area contributed by atoms with E-state index < -0.39 is 0 Å². The molecule has 5 heteroatoms. The van der Waals surface area contributed by atoms with Gasteiger partial charge in [-0.1, -0.05) is 0 Å². The van der Waals surface area contributed by atoms with Crippen LogP contribution in [0.3, 0.4) is 0 Å². The minimum atomic E-state index is -0.211. The third kappa shape index (κ3) is 3.47. The Morgan fingerprint density at radius 1 is 1.33 bits per heavy atom. The van der Waals surface area contributed by atoms with Crippen molar-refractivity contribution >= 4 is 11.3 Å². The van der Waals surface area contributed by atoms with Crippen LogP contribution in [0.5, 0.6) is 0 Å². The van der Waals surface area contributed by atoms with Gasteiger partial charge in [0.2, 0.25) is 0 Å². The molecule has 4 nitrogen and oxygen atoms in total. The Balaban J connectivity index is 1.61. The number of β-amino-alcohol motifs (C(OH)–C–C–N with tert-alkyl or cyclic N) is 1. The lowest BCUT2D eigenvalue weighted by molar-refractivity contribution is 0.0300. The van der Waals surface area contributed by atoms with Gasteiger partial charge in [0.15, 0.2) is 0 Å². The number of thiazole rings is 1. The second-order valence-corrected chi connectivity index (χ2v) is 7.82. The molecule has 0 saturated carbocycles. The predicted octanol–water partition coefficient (Wildman–Crippen LogP) is 2.26. The molecule has 2 saturated heterocycles. The molecule has 0 amide bonds. The van der Waals surface area contributed by atoms with Gasteiger partial charge in [0.25, 0.3) is 0 Å². The van der Waals surface area contributed by atoms with E-state index in [4.69, 9.17) is 0 Å². The van der Waals surface area contributed by atoms with Crippen molar-refractivity contribution in [2.75, 3.05) is 26.2 Å². The van der Waals surface area contributed by atoms with Gasteiger partial charge in [-0.15, -0.1) is 11.3 Å². The van der Waals surface area contributed by atoms with Crippen LogP contribution in [0.15, 0.2) is 5.38 Å². The second kappa shape index (κ2) is 6.32. The summed E-state index contributed by atoms with van der Waals surface area (Å²) in [5.74, 6) is 0. The van der Waals surface area contributed by atoms with Gasteiger partial charge in [-0.3, -0.25) is 4.90 Å². The zero-order chi connectivity index (χ0) is 14.9. The molecule has 118 valence electrons. The standard InChI is InChI=1S/C16H27N3OS/c1-13(20)10-18-8-5-16(6-9-18)4-3-7-19(16)11-15-12-21-14(2)17-15/h12-13,20H,3-11H2,1-2H3. The van der Waals surface area contributed by atoms with Crippen LogP contribution in [0, 0.1) is 6.92 Å². The third-order valence-corrected chi connectivity index (χ3v) is 5.89. The molecule has 3 heterocycles. The summed E-state index contributed by atoms with van der Waals surface area (Å²) in [6.07, 6.45) is 4.92. The fourth-order valence-corrected chi connectivity index (χ4v) is 4.61. The maximum atomic E-state index is 9.55. The Morgan fingerprint density at radius 3 is 2.71 bits per heavy atom. The predicted molar refractivity (Wildman–Crippen MR) is 86.6 cm³/mol. The van der Waals surface area contributed by atoms with Crippen molar-refractivity contribution in [2.45, 2.75) is 57.7 Å². The Morgan fingerprint density at radius 2 is 2.10 bits per heavy atom. The summed E-state index contributed by atoms with van der Waals surface area (Å²) in [4.78, 5) is 9.74. The molecule has 0 bridgehead atoms. The number of piperidine rings is 1. The van der Waals surface area contributed by atoms with Gasteiger partial charge in [-0.25, -0.2) is 4.98 Å². The van der Waals surface area contributed by atoms with Crippen LogP contribution in [0.25, 0.3) is 0 Å². The van der Waals surface area contributed by atoms with Crippen LogP contribution in [0.2, 0.25) is 0 Å². The Bertz CT molecular complexity index is 466. The lowest BCUT2D eigenvalue weighted by Crippen LogP contribution is -2.52. The fourth-order valence-electron chi connectivity index (χ4n) is 4.01. The van der Waals surface area contributed by atoms with Crippen LogP contribution in [0.4, 0.5) is 0 Å². The molecule has 1 atom stereocenters. The van der Waals surface area contributed by atoms with Crippen molar-refractivity contribution in [1.29, 1.82) is 0 Å². The highest BCUT2D eigenvalue weighted by Crippen LogP contribution is 2.39. The molecular formula is C16H27N3OS. The van der Waals surface area contributed by atoms with E-state index >= 15 is 0 Å². The summed E-state index contributed by atoms with van der Waals surface area (Å²) in [5.41, 5.74) is 1.64. The Labute approximate surface area is 131 Å². The molecule has 0 radical (unpaired) electrons. The molecule has 3 rings (SSSR count). The highest BCUT2D eigenvalue weighted by molar-refractivity contribution is 7.09. The van der Waals surface area contributed by atoms with Crippen molar-refractivity contribution in [2.24, 2.45) is 0 Å². The maximum absolute atomic E-state index is 9.55. The average Bonchev–Trinajstić information content (AvgIpc) is 3.01. The number of nitrogens with zero attached hydrogens (tertiary/aromatic N) is 3. The lowest BCUT2D eigenvalue weighted by Gasteiger charge is -2.45. The van der Waals surface area contributed by atoms with Crippen molar-refractivity contribution < 1.29 is 5.11 Å². The molecular weight excluding hydrogens is 282 g/mol. The molecule has 1 unspecified atom stereocenters. The minimum Gasteiger partial charge on any atom is -0.392 e. The number of aryl methyl sites for hydroxylation is 1. The number of aromatic nitrogens is 1. The molecule has 2 aliphatic heterocycles. The monoisotopic (exact) mass is 309 g/mol. The molecule has 0 aliphatic carbocycles. The molecule has 1 N–H and O–H groups in total. The highest BCUT2D eigenvalue weighted by atomic mass is 32.1. The first-order valence-corrected chi connectivity index (χ1v) is 9.02. The lowest BCUT2D eigenvalue weighted by atomic mass is 9.84. The van der Waals surface area contributed by atoms with Gasteiger partial charge in [-0.2, -0.15) is 0 Å². The van der Waals surface area contributed by atoms with Crippen LogP contribution in [0.1, 0.15) is 43.3 Å². The minimum absolute atomic E-state index is 0.211. The van der Waals surface area contributed by atoms with Crippen molar-refractivity contribution in [3.8, 4) is 0 Å². The fraction of sp³-hybridized carbons (Fsp3) is 0.812. The molecule has 1 aromatic heterocycles. The largest absolute Gasteiger partial charge is 0.392 e. The van der Waals surface area contributed by atoms with E-state index in [0.29, 0.717) is 5.54 Å². The maximum Gasteiger partial charge on any atom is 0.0897 e. The van der Waals surface area contributed by atoms with Gasteiger partial charge < -0.3 is 10.0 Å². The summed E-state index contributed by atoms with van der Waals surface area (Å²) < 4.78 is 0. The Kier molecular flexibility index (Phi) is 4.64. The van der Waals surface area contributed by atoms with E-state index in [1.807, 2.05) is 6.92 Å². The summed E-state index contributed by atoms with van der Waals surface area (Å²) >= 11 is 1.76.